The summed E-state index contributed by atoms with van der Waals surface area (Å²) in [5.74, 6) is 0. The fourth-order valence-electron chi connectivity index (χ4n) is 4.24. The third-order valence-corrected chi connectivity index (χ3v) is 8.86. The quantitative estimate of drug-likeness (QED) is 0.353. The van der Waals surface area contributed by atoms with Gasteiger partial charge in [-0.05, 0) is 39.5 Å². The van der Waals surface area contributed by atoms with Crippen LogP contribution in [0.5, 0.6) is 0 Å². The molecule has 2 heterocycles. The van der Waals surface area contributed by atoms with Gasteiger partial charge in [-0.3, -0.25) is 4.98 Å². The second-order valence-electron chi connectivity index (χ2n) is 6.98. The zero-order chi connectivity index (χ0) is 15.1. The van der Waals surface area contributed by atoms with Crippen molar-refractivity contribution >= 4 is 50.9 Å². The summed E-state index contributed by atoms with van der Waals surface area (Å²) in [7, 11) is -1.60. The van der Waals surface area contributed by atoms with E-state index >= 15 is 0 Å². The minimum Gasteiger partial charge on any atom is -0.256 e. The van der Waals surface area contributed by atoms with Crippen molar-refractivity contribution in [1.29, 1.82) is 0 Å². The highest BCUT2D eigenvalue weighted by molar-refractivity contribution is 7.05. The maximum atomic E-state index is 4.77. The molecule has 1 aliphatic heterocycles. The molecule has 106 valence electrons. The molecule has 1 aromatic heterocycles. The van der Waals surface area contributed by atoms with Crippen LogP contribution in [0.15, 0.2) is 48.7 Å². The predicted molar refractivity (Wildman–Crippen MR) is 98.2 cm³/mol. The smallest absolute Gasteiger partial charge is 0.114 e. The number of pyridine rings is 1. The Morgan fingerprint density at radius 2 is 1.64 bits per heavy atom. The van der Waals surface area contributed by atoms with Gasteiger partial charge < -0.3 is 0 Å². The Hall–Kier alpha value is -2.19. The Morgan fingerprint density at radius 1 is 0.818 bits per heavy atom. The minimum absolute atomic E-state index is 1.19. The third kappa shape index (κ3) is 1.28. The lowest BCUT2D eigenvalue weighted by molar-refractivity contribution is 1.44. The number of fused-ring (bicyclic) bond motifs is 3. The summed E-state index contributed by atoms with van der Waals surface area (Å²) in [6.45, 7) is 7.10. The molecular formula is C20H17NSi. The van der Waals surface area contributed by atoms with Crippen LogP contribution in [0.4, 0.5) is 0 Å². The summed E-state index contributed by atoms with van der Waals surface area (Å²) < 4.78 is 0. The molecule has 0 aliphatic carbocycles. The number of aryl methyl sites for hydroxylation is 1. The monoisotopic (exact) mass is 299 g/mol. The molecule has 0 spiro atoms. The van der Waals surface area contributed by atoms with Gasteiger partial charge in [0, 0.05) is 17.0 Å². The van der Waals surface area contributed by atoms with Crippen molar-refractivity contribution in [3.05, 3.63) is 54.2 Å². The van der Waals surface area contributed by atoms with Crippen molar-refractivity contribution in [2.75, 3.05) is 0 Å². The second kappa shape index (κ2) is 3.76. The fraction of sp³-hybridized carbons (Fsp3) is 0.150. The first-order valence-corrected chi connectivity index (χ1v) is 10.8. The van der Waals surface area contributed by atoms with E-state index in [0.29, 0.717) is 0 Å². The van der Waals surface area contributed by atoms with E-state index in [9.17, 15) is 0 Å². The number of benzene rings is 3. The Labute approximate surface area is 130 Å². The summed E-state index contributed by atoms with van der Waals surface area (Å²) in [4.78, 5) is 4.77. The molecule has 0 unspecified atom stereocenters. The first-order chi connectivity index (χ1) is 10.6. The lowest BCUT2D eigenvalue weighted by atomic mass is 9.96. The number of nitrogens with zero attached hydrogens (tertiary/aromatic N) is 1. The predicted octanol–water partition coefficient (Wildman–Crippen LogP) is 3.99. The van der Waals surface area contributed by atoms with E-state index in [1.54, 1.807) is 10.4 Å². The molecule has 0 atom stereocenters. The SMILES string of the molecule is Cc1ccc2c(c1)c1cccc3c1c1c(ccnc21)[Si]3(C)C. The molecule has 1 aliphatic rings. The normalized spacial score (nSPS) is 15.4. The van der Waals surface area contributed by atoms with Gasteiger partial charge in [0.05, 0.1) is 5.52 Å². The van der Waals surface area contributed by atoms with Gasteiger partial charge in [0.25, 0.3) is 0 Å². The Balaban J connectivity index is 2.23. The Kier molecular flexibility index (Phi) is 2.11. The van der Waals surface area contributed by atoms with Crippen molar-refractivity contribution in [3.8, 4) is 0 Å². The van der Waals surface area contributed by atoms with E-state index in [1.807, 2.05) is 6.20 Å². The lowest BCUT2D eigenvalue weighted by Gasteiger charge is -2.18. The van der Waals surface area contributed by atoms with Crippen LogP contribution in [0, 0.1) is 6.92 Å². The molecule has 3 aromatic carbocycles. The van der Waals surface area contributed by atoms with E-state index in [0.717, 1.165) is 0 Å². The standard InChI is InChI=1S/C20H17NSi/c1-12-7-8-14-15(11-12)13-5-4-6-16-18(13)19-17(22(16,2)3)9-10-21-20(14)19/h4-11H,1-3H3. The highest BCUT2D eigenvalue weighted by atomic mass is 28.3. The molecule has 0 amide bonds. The van der Waals surface area contributed by atoms with Crippen molar-refractivity contribution in [3.63, 3.8) is 0 Å². The number of hydrogen-bond donors (Lipinski definition) is 0. The van der Waals surface area contributed by atoms with Crippen LogP contribution in [-0.2, 0) is 0 Å². The largest absolute Gasteiger partial charge is 0.256 e. The molecule has 0 saturated heterocycles. The number of aromatic nitrogens is 1. The highest BCUT2D eigenvalue weighted by Crippen LogP contribution is 2.37. The van der Waals surface area contributed by atoms with E-state index in [1.165, 1.54) is 38.0 Å². The maximum absolute atomic E-state index is 4.77. The van der Waals surface area contributed by atoms with Crippen LogP contribution >= 0.6 is 0 Å². The minimum atomic E-state index is -1.60. The van der Waals surface area contributed by atoms with Gasteiger partial charge in [-0.2, -0.15) is 0 Å². The summed E-state index contributed by atoms with van der Waals surface area (Å²) in [6, 6.07) is 15.9. The van der Waals surface area contributed by atoms with E-state index in [2.05, 4.69) is 62.5 Å². The summed E-state index contributed by atoms with van der Waals surface area (Å²) in [6.07, 6.45) is 2.00. The molecule has 0 N–H and O–H groups in total. The third-order valence-electron chi connectivity index (χ3n) is 5.33. The molecule has 1 nitrogen and oxygen atoms in total. The zero-order valence-corrected chi connectivity index (χ0v) is 14.1. The summed E-state index contributed by atoms with van der Waals surface area (Å²) in [5, 5.41) is 10.0. The molecule has 4 aromatic rings. The van der Waals surface area contributed by atoms with Gasteiger partial charge >= 0.3 is 0 Å². The van der Waals surface area contributed by atoms with Crippen LogP contribution < -0.4 is 10.4 Å². The molecule has 0 radical (unpaired) electrons. The first kappa shape index (κ1) is 12.4. The van der Waals surface area contributed by atoms with Crippen LogP contribution in [0.25, 0.3) is 32.4 Å². The van der Waals surface area contributed by atoms with Crippen LogP contribution in [0.2, 0.25) is 13.1 Å². The molecule has 0 bridgehead atoms. The molecule has 2 heteroatoms. The lowest BCUT2D eigenvalue weighted by Crippen LogP contribution is -2.49. The molecule has 0 saturated carbocycles. The first-order valence-electron chi connectivity index (χ1n) is 7.84. The van der Waals surface area contributed by atoms with Gasteiger partial charge in [-0.25, -0.2) is 0 Å². The number of hydrogen-bond acceptors (Lipinski definition) is 1. The Bertz CT molecular complexity index is 1110. The maximum Gasteiger partial charge on any atom is 0.114 e. The average Bonchev–Trinajstić information content (AvgIpc) is 2.76. The van der Waals surface area contributed by atoms with E-state index < -0.39 is 8.07 Å². The van der Waals surface area contributed by atoms with Gasteiger partial charge in [-0.15, -0.1) is 0 Å². The van der Waals surface area contributed by atoms with Crippen LogP contribution in [0.1, 0.15) is 5.56 Å². The van der Waals surface area contributed by atoms with Gasteiger partial charge in [-0.1, -0.05) is 55.1 Å². The van der Waals surface area contributed by atoms with Crippen LogP contribution in [0.3, 0.4) is 0 Å². The van der Waals surface area contributed by atoms with E-state index in [4.69, 9.17) is 4.98 Å². The van der Waals surface area contributed by atoms with Crippen molar-refractivity contribution < 1.29 is 0 Å². The highest BCUT2D eigenvalue weighted by Gasteiger charge is 2.36. The van der Waals surface area contributed by atoms with Crippen molar-refractivity contribution in [2.45, 2.75) is 20.0 Å². The van der Waals surface area contributed by atoms with E-state index in [-0.39, 0.29) is 0 Å². The number of rotatable bonds is 0. The average molecular weight is 299 g/mol. The van der Waals surface area contributed by atoms with Gasteiger partial charge in [0.15, 0.2) is 0 Å². The molecule has 0 fully saturated rings. The molecule has 22 heavy (non-hydrogen) atoms. The van der Waals surface area contributed by atoms with Gasteiger partial charge in [0.2, 0.25) is 0 Å². The second-order valence-corrected chi connectivity index (χ2v) is 11.3. The van der Waals surface area contributed by atoms with Gasteiger partial charge in [0.1, 0.15) is 8.07 Å². The molecule has 5 rings (SSSR count). The van der Waals surface area contributed by atoms with Crippen molar-refractivity contribution in [2.24, 2.45) is 0 Å². The fourth-order valence-corrected chi connectivity index (χ4v) is 7.29. The summed E-state index contributed by atoms with van der Waals surface area (Å²) >= 11 is 0. The summed E-state index contributed by atoms with van der Waals surface area (Å²) in [5.41, 5.74) is 2.50. The Morgan fingerprint density at radius 3 is 2.50 bits per heavy atom. The molecular weight excluding hydrogens is 282 g/mol. The topological polar surface area (TPSA) is 12.9 Å². The van der Waals surface area contributed by atoms with Crippen molar-refractivity contribution in [1.82, 2.24) is 4.98 Å². The van der Waals surface area contributed by atoms with Crippen LogP contribution in [-0.4, -0.2) is 13.1 Å². The zero-order valence-electron chi connectivity index (χ0n) is 13.1.